The van der Waals surface area contributed by atoms with Gasteiger partial charge in [-0.05, 0) is 32.7 Å². The molecule has 1 unspecified atom stereocenters. The van der Waals surface area contributed by atoms with Crippen molar-refractivity contribution in [2.45, 2.75) is 43.8 Å². The van der Waals surface area contributed by atoms with Crippen molar-refractivity contribution >= 4 is 17.7 Å². The van der Waals surface area contributed by atoms with Crippen LogP contribution in [0.2, 0.25) is 0 Å². The van der Waals surface area contributed by atoms with Crippen LogP contribution in [0.15, 0.2) is 11.5 Å². The molecule has 1 rings (SSSR count). The lowest BCUT2D eigenvalue weighted by molar-refractivity contribution is -0.124. The molecule has 6 nitrogen and oxygen atoms in total. The van der Waals surface area contributed by atoms with Crippen molar-refractivity contribution in [3.8, 4) is 0 Å². The fraction of sp³-hybridized carbons (Fsp3) is 0.750. The first-order valence-corrected chi connectivity index (χ1v) is 7.50. The predicted molar refractivity (Wildman–Crippen MR) is 76.9 cm³/mol. The molecule has 0 fully saturated rings. The molecule has 19 heavy (non-hydrogen) atoms. The maximum atomic E-state index is 11.5. The predicted octanol–water partition coefficient (Wildman–Crippen LogP) is 0.931. The molecule has 0 bridgehead atoms. The smallest absolute Gasteiger partial charge is 0.237 e. The topological polar surface area (TPSA) is 85.8 Å². The van der Waals surface area contributed by atoms with Gasteiger partial charge in [0, 0.05) is 12.8 Å². The molecule has 1 aromatic rings. The van der Waals surface area contributed by atoms with Gasteiger partial charge < -0.3 is 11.1 Å². The summed E-state index contributed by atoms with van der Waals surface area (Å²) in [6.07, 6.45) is 4.15. The number of hydrogen-bond donors (Lipinski definition) is 2. The number of nitrogens with two attached hydrogens (primary N) is 1. The Labute approximate surface area is 118 Å². The minimum Gasteiger partial charge on any atom is -0.368 e. The van der Waals surface area contributed by atoms with Crippen LogP contribution in [-0.4, -0.2) is 38.5 Å². The Morgan fingerprint density at radius 2 is 2.37 bits per heavy atom. The number of primary amides is 1. The molecular formula is C12H23N5OS. The molecular weight excluding hydrogens is 262 g/mol. The molecule has 7 heteroatoms. The Balaban J connectivity index is 2.36. The van der Waals surface area contributed by atoms with Crippen molar-refractivity contribution in [2.24, 2.45) is 12.8 Å². The van der Waals surface area contributed by atoms with E-state index in [2.05, 4.69) is 22.3 Å². The molecule has 1 atom stereocenters. The number of nitrogens with zero attached hydrogens (tertiary/aromatic N) is 3. The number of carbonyl (C=O) groups excluding carboxylic acids is 1. The van der Waals surface area contributed by atoms with E-state index >= 15 is 0 Å². The van der Waals surface area contributed by atoms with Crippen molar-refractivity contribution < 1.29 is 4.79 Å². The van der Waals surface area contributed by atoms with Gasteiger partial charge in [0.15, 0.2) is 5.16 Å². The summed E-state index contributed by atoms with van der Waals surface area (Å²) in [4.78, 5) is 15.7. The molecule has 1 aromatic heterocycles. The third-order valence-corrected chi connectivity index (χ3v) is 4.15. The number of aromatic nitrogens is 3. The zero-order valence-corrected chi connectivity index (χ0v) is 12.7. The van der Waals surface area contributed by atoms with Gasteiger partial charge in [0.05, 0.1) is 5.54 Å². The highest BCUT2D eigenvalue weighted by molar-refractivity contribution is 7.99. The van der Waals surface area contributed by atoms with Gasteiger partial charge in [-0.15, -0.1) is 0 Å². The minimum absolute atomic E-state index is 0.287. The van der Waals surface area contributed by atoms with E-state index in [1.54, 1.807) is 22.8 Å². The van der Waals surface area contributed by atoms with Gasteiger partial charge in [-0.1, -0.05) is 18.7 Å². The second-order valence-corrected chi connectivity index (χ2v) is 5.80. The summed E-state index contributed by atoms with van der Waals surface area (Å²) < 4.78 is 1.74. The number of rotatable bonds is 9. The number of amides is 1. The van der Waals surface area contributed by atoms with Crippen LogP contribution in [0.3, 0.4) is 0 Å². The second-order valence-electron chi connectivity index (χ2n) is 4.74. The van der Waals surface area contributed by atoms with E-state index in [4.69, 9.17) is 5.73 Å². The van der Waals surface area contributed by atoms with E-state index in [9.17, 15) is 4.79 Å². The third kappa shape index (κ3) is 4.83. The molecule has 0 aliphatic carbocycles. The molecule has 1 amide bonds. The monoisotopic (exact) mass is 285 g/mol. The van der Waals surface area contributed by atoms with Crippen LogP contribution < -0.4 is 11.1 Å². The summed E-state index contributed by atoms with van der Waals surface area (Å²) >= 11 is 1.64. The van der Waals surface area contributed by atoms with Crippen molar-refractivity contribution in [3.63, 3.8) is 0 Å². The Kier molecular flexibility index (Phi) is 6.30. The standard InChI is InChI=1S/C12H23N5OS/c1-4-7-15-12(2,10(13)18)6-5-8-19-11-14-9-16-17(11)3/h9,15H,4-8H2,1-3H3,(H2,13,18). The van der Waals surface area contributed by atoms with Crippen molar-refractivity contribution in [1.82, 2.24) is 20.1 Å². The number of thioether (sulfide) groups is 1. The SMILES string of the molecule is CCCNC(C)(CCCSc1ncnn1C)C(N)=O. The van der Waals surface area contributed by atoms with Gasteiger partial charge in [0.1, 0.15) is 6.33 Å². The quantitative estimate of drug-likeness (QED) is 0.521. The minimum atomic E-state index is -0.615. The Bertz CT molecular complexity index is 409. The van der Waals surface area contributed by atoms with Gasteiger partial charge in [-0.3, -0.25) is 4.79 Å². The summed E-state index contributed by atoms with van der Waals surface area (Å²) in [5.74, 6) is 0.605. The lowest BCUT2D eigenvalue weighted by atomic mass is 9.95. The van der Waals surface area contributed by atoms with E-state index in [1.807, 2.05) is 14.0 Å². The Hall–Kier alpha value is -1.08. The number of aryl methyl sites for hydroxylation is 1. The molecule has 0 spiro atoms. The average molecular weight is 285 g/mol. The molecule has 0 aliphatic rings. The van der Waals surface area contributed by atoms with Gasteiger partial charge in [0.2, 0.25) is 5.91 Å². The highest BCUT2D eigenvalue weighted by Gasteiger charge is 2.29. The fourth-order valence-electron chi connectivity index (χ4n) is 1.71. The lowest BCUT2D eigenvalue weighted by Crippen LogP contribution is -2.53. The number of carbonyl (C=O) groups is 1. The number of nitrogens with one attached hydrogen (secondary N) is 1. The summed E-state index contributed by atoms with van der Waals surface area (Å²) in [5.41, 5.74) is 4.86. The van der Waals surface area contributed by atoms with Crippen LogP contribution in [0.5, 0.6) is 0 Å². The van der Waals surface area contributed by atoms with Crippen LogP contribution in [0.4, 0.5) is 0 Å². The molecule has 0 aliphatic heterocycles. The maximum absolute atomic E-state index is 11.5. The lowest BCUT2D eigenvalue weighted by Gasteiger charge is -2.27. The molecule has 0 radical (unpaired) electrons. The first-order chi connectivity index (χ1) is 8.99. The van der Waals surface area contributed by atoms with Crippen LogP contribution in [0.1, 0.15) is 33.1 Å². The van der Waals surface area contributed by atoms with Crippen LogP contribution in [0, 0.1) is 0 Å². The highest BCUT2D eigenvalue weighted by Crippen LogP contribution is 2.19. The largest absolute Gasteiger partial charge is 0.368 e. The van der Waals surface area contributed by atoms with E-state index in [1.165, 1.54) is 0 Å². The normalized spacial score (nSPS) is 14.3. The van der Waals surface area contributed by atoms with Crippen LogP contribution >= 0.6 is 11.8 Å². The van der Waals surface area contributed by atoms with Crippen molar-refractivity contribution in [3.05, 3.63) is 6.33 Å². The molecule has 0 saturated heterocycles. The highest BCUT2D eigenvalue weighted by atomic mass is 32.2. The molecule has 108 valence electrons. The van der Waals surface area contributed by atoms with E-state index in [0.717, 1.165) is 36.7 Å². The van der Waals surface area contributed by atoms with Gasteiger partial charge >= 0.3 is 0 Å². The maximum Gasteiger partial charge on any atom is 0.237 e. The Morgan fingerprint density at radius 1 is 1.63 bits per heavy atom. The van der Waals surface area contributed by atoms with E-state index in [0.29, 0.717) is 0 Å². The summed E-state index contributed by atoms with van der Waals surface area (Å²) in [5, 5.41) is 8.14. The van der Waals surface area contributed by atoms with Crippen molar-refractivity contribution in [1.29, 1.82) is 0 Å². The van der Waals surface area contributed by atoms with E-state index in [-0.39, 0.29) is 5.91 Å². The van der Waals surface area contributed by atoms with Crippen molar-refractivity contribution in [2.75, 3.05) is 12.3 Å². The van der Waals surface area contributed by atoms with Crippen LogP contribution in [-0.2, 0) is 11.8 Å². The Morgan fingerprint density at radius 3 is 2.89 bits per heavy atom. The fourth-order valence-corrected chi connectivity index (χ4v) is 2.53. The average Bonchev–Trinajstić information content (AvgIpc) is 2.78. The van der Waals surface area contributed by atoms with Crippen LogP contribution in [0.25, 0.3) is 0 Å². The molecule has 3 N–H and O–H groups in total. The zero-order chi connectivity index (χ0) is 14.3. The first-order valence-electron chi connectivity index (χ1n) is 6.51. The van der Waals surface area contributed by atoms with E-state index < -0.39 is 5.54 Å². The second kappa shape index (κ2) is 7.49. The van der Waals surface area contributed by atoms with Gasteiger partial charge in [-0.2, -0.15) is 5.10 Å². The third-order valence-electron chi connectivity index (χ3n) is 3.03. The summed E-state index contributed by atoms with van der Waals surface area (Å²) in [6, 6.07) is 0. The molecule has 1 heterocycles. The van der Waals surface area contributed by atoms with Gasteiger partial charge in [-0.25, -0.2) is 9.67 Å². The first kappa shape index (κ1) is 16.0. The molecule has 0 aromatic carbocycles. The zero-order valence-electron chi connectivity index (χ0n) is 11.8. The van der Waals surface area contributed by atoms with Gasteiger partial charge in [0.25, 0.3) is 0 Å². The number of hydrogen-bond acceptors (Lipinski definition) is 5. The summed E-state index contributed by atoms with van der Waals surface area (Å²) in [6.45, 7) is 4.74. The molecule has 0 saturated carbocycles. The summed E-state index contributed by atoms with van der Waals surface area (Å²) in [7, 11) is 1.87.